The van der Waals surface area contributed by atoms with E-state index in [2.05, 4.69) is 33.9 Å². The Morgan fingerprint density at radius 3 is 2.27 bits per heavy atom. The quantitative estimate of drug-likeness (QED) is 0.221. The lowest BCUT2D eigenvalue weighted by molar-refractivity contribution is -0.142. The molecule has 0 saturated heterocycles. The van der Waals surface area contributed by atoms with E-state index in [0.29, 0.717) is 22.2 Å². The number of ether oxygens (including phenoxy) is 1. The Labute approximate surface area is 206 Å². The predicted molar refractivity (Wildman–Crippen MR) is 133 cm³/mol. The predicted octanol–water partition coefficient (Wildman–Crippen LogP) is 6.15. The van der Waals surface area contributed by atoms with Crippen molar-refractivity contribution in [1.29, 1.82) is 5.26 Å². The molecular formula is C24H34BrN3O4S. The molecule has 0 aromatic heterocycles. The van der Waals surface area contributed by atoms with Gasteiger partial charge in [-0.3, -0.25) is 9.10 Å². The molecule has 33 heavy (non-hydrogen) atoms. The maximum absolute atomic E-state index is 12.9. The zero-order valence-corrected chi connectivity index (χ0v) is 22.2. The highest BCUT2D eigenvalue weighted by atomic mass is 79.9. The largest absolute Gasteiger partial charge is 0.465 e. The van der Waals surface area contributed by atoms with Crippen LogP contribution in [-0.2, 0) is 19.6 Å². The number of esters is 1. The molecule has 0 aliphatic carbocycles. The molecule has 1 aromatic rings. The number of carbonyl (C=O) groups is 1. The van der Waals surface area contributed by atoms with Gasteiger partial charge in [-0.1, -0.05) is 64.7 Å². The average Bonchev–Trinajstić information content (AvgIpc) is 2.77. The maximum Gasteiger partial charge on any atom is 0.313 e. The molecule has 1 aromatic carbocycles. The van der Waals surface area contributed by atoms with Crippen molar-refractivity contribution in [2.75, 3.05) is 13.7 Å². The van der Waals surface area contributed by atoms with E-state index in [9.17, 15) is 18.5 Å². The van der Waals surface area contributed by atoms with E-state index >= 15 is 0 Å². The van der Waals surface area contributed by atoms with E-state index < -0.39 is 16.0 Å². The first-order valence-electron chi connectivity index (χ1n) is 11.7. The summed E-state index contributed by atoms with van der Waals surface area (Å²) in [6.07, 6.45) is 11.7. The molecule has 0 amide bonds. The molecular weight excluding hydrogens is 506 g/mol. The molecule has 0 bridgehead atoms. The van der Waals surface area contributed by atoms with Gasteiger partial charge in [0.2, 0.25) is 0 Å². The third-order valence-electron chi connectivity index (χ3n) is 5.88. The fraction of sp³-hybridized carbons (Fsp3) is 0.625. The van der Waals surface area contributed by atoms with E-state index in [0.717, 1.165) is 23.6 Å². The fourth-order valence-corrected chi connectivity index (χ4v) is 5.96. The van der Waals surface area contributed by atoms with Crippen molar-refractivity contribution in [1.82, 2.24) is 4.31 Å². The minimum absolute atomic E-state index is 0.0101. The first-order valence-corrected chi connectivity index (χ1v) is 13.9. The minimum atomic E-state index is -3.88. The van der Waals surface area contributed by atoms with Crippen molar-refractivity contribution in [2.24, 2.45) is 4.99 Å². The van der Waals surface area contributed by atoms with Gasteiger partial charge in [0.15, 0.2) is 0 Å². The van der Waals surface area contributed by atoms with Crippen LogP contribution in [0.25, 0.3) is 0 Å². The number of aliphatic imine (C=N–C) groups is 1. The van der Waals surface area contributed by atoms with Crippen LogP contribution in [0.15, 0.2) is 20.4 Å². The monoisotopic (exact) mass is 539 g/mol. The van der Waals surface area contributed by atoms with Gasteiger partial charge in [0.25, 0.3) is 10.0 Å². The first kappa shape index (κ1) is 27.3. The van der Waals surface area contributed by atoms with Gasteiger partial charge in [-0.2, -0.15) is 5.26 Å². The number of nitriles is 1. The van der Waals surface area contributed by atoms with E-state index in [1.165, 1.54) is 58.1 Å². The fourth-order valence-electron chi connectivity index (χ4n) is 3.80. The van der Waals surface area contributed by atoms with Crippen molar-refractivity contribution in [3.8, 4) is 6.07 Å². The number of halogens is 1. The molecule has 2 rings (SSSR count). The molecule has 0 fully saturated rings. The van der Waals surface area contributed by atoms with Crippen LogP contribution in [-0.4, -0.2) is 38.2 Å². The van der Waals surface area contributed by atoms with Crippen LogP contribution in [0.5, 0.6) is 0 Å². The maximum atomic E-state index is 12.9. The molecule has 0 radical (unpaired) electrons. The van der Waals surface area contributed by atoms with Crippen LogP contribution in [0.1, 0.15) is 88.7 Å². The average molecular weight is 541 g/mol. The Balaban J connectivity index is 1.85. The lowest BCUT2D eigenvalue weighted by Crippen LogP contribution is -2.37. The highest BCUT2D eigenvalue weighted by Crippen LogP contribution is 2.39. The van der Waals surface area contributed by atoms with Gasteiger partial charge < -0.3 is 4.74 Å². The van der Waals surface area contributed by atoms with Gasteiger partial charge in [0.1, 0.15) is 23.2 Å². The zero-order valence-electron chi connectivity index (χ0n) is 19.8. The lowest BCUT2D eigenvalue weighted by atomic mass is 10.1. The summed E-state index contributed by atoms with van der Waals surface area (Å²) in [6, 6.07) is 3.44. The smallest absolute Gasteiger partial charge is 0.313 e. The summed E-state index contributed by atoms with van der Waals surface area (Å²) >= 11 is 3.25. The molecule has 182 valence electrons. The van der Waals surface area contributed by atoms with Crippen molar-refractivity contribution >= 4 is 43.4 Å². The highest BCUT2D eigenvalue weighted by Gasteiger charge is 2.34. The van der Waals surface area contributed by atoms with Crippen molar-refractivity contribution < 1.29 is 17.9 Å². The third-order valence-corrected chi connectivity index (χ3v) is 8.30. The summed E-state index contributed by atoms with van der Waals surface area (Å²) in [7, 11) is -2.51. The SMILES string of the molecule is CCCCCCCCCCCCOC(=O)CC1=Nc2c(cc(Br)c(C#N)c2C)S(=O)(=O)N1C. The van der Waals surface area contributed by atoms with Gasteiger partial charge >= 0.3 is 5.97 Å². The molecule has 0 N–H and O–H groups in total. The topological polar surface area (TPSA) is 99.8 Å². The van der Waals surface area contributed by atoms with Crippen molar-refractivity contribution in [2.45, 2.75) is 89.4 Å². The highest BCUT2D eigenvalue weighted by molar-refractivity contribution is 9.10. The van der Waals surface area contributed by atoms with Crippen LogP contribution in [0.4, 0.5) is 5.69 Å². The summed E-state index contributed by atoms with van der Waals surface area (Å²) in [4.78, 5) is 16.7. The lowest BCUT2D eigenvalue weighted by Gasteiger charge is -2.27. The summed E-state index contributed by atoms with van der Waals surface area (Å²) in [5, 5.41) is 9.36. The van der Waals surface area contributed by atoms with Gasteiger partial charge in [-0.15, -0.1) is 0 Å². The zero-order chi connectivity index (χ0) is 24.4. The first-order chi connectivity index (χ1) is 15.7. The number of hydrogen-bond acceptors (Lipinski definition) is 6. The van der Waals surface area contributed by atoms with Crippen LogP contribution >= 0.6 is 15.9 Å². The van der Waals surface area contributed by atoms with Crippen LogP contribution < -0.4 is 0 Å². The van der Waals surface area contributed by atoms with Gasteiger partial charge in [0.05, 0.1) is 17.9 Å². The molecule has 7 nitrogen and oxygen atoms in total. The Kier molecular flexibility index (Phi) is 10.8. The molecule has 0 unspecified atom stereocenters. The summed E-state index contributed by atoms with van der Waals surface area (Å²) < 4.78 is 32.6. The number of fused-ring (bicyclic) bond motifs is 1. The van der Waals surface area contributed by atoms with E-state index in [1.807, 2.05) is 0 Å². The van der Waals surface area contributed by atoms with Crippen molar-refractivity contribution in [3.63, 3.8) is 0 Å². The van der Waals surface area contributed by atoms with E-state index in [1.54, 1.807) is 6.92 Å². The molecule has 0 spiro atoms. The van der Waals surface area contributed by atoms with Crippen molar-refractivity contribution in [3.05, 3.63) is 21.7 Å². The Morgan fingerprint density at radius 1 is 1.12 bits per heavy atom. The second-order valence-electron chi connectivity index (χ2n) is 8.40. The molecule has 1 aliphatic heterocycles. The normalized spacial score (nSPS) is 14.4. The summed E-state index contributed by atoms with van der Waals surface area (Å²) in [5.41, 5.74) is 0.972. The number of benzene rings is 1. The Hall–Kier alpha value is -1.92. The standard InChI is InChI=1S/C24H34BrN3O4S/c1-4-5-6-7-8-9-10-11-12-13-14-32-23(29)16-22-27-24-18(2)19(17-26)20(25)15-21(24)33(30,31)28(22)3/h15H,4-14,16H2,1-3H3. The second kappa shape index (κ2) is 13.1. The molecule has 1 heterocycles. The third kappa shape index (κ3) is 7.28. The van der Waals surface area contributed by atoms with Gasteiger partial charge in [0, 0.05) is 11.5 Å². The summed E-state index contributed by atoms with van der Waals surface area (Å²) in [6.45, 7) is 4.19. The van der Waals surface area contributed by atoms with Crippen LogP contribution in [0.3, 0.4) is 0 Å². The van der Waals surface area contributed by atoms with E-state index in [4.69, 9.17) is 4.74 Å². The van der Waals surface area contributed by atoms with Crippen LogP contribution in [0.2, 0.25) is 0 Å². The Bertz CT molecular complexity index is 1020. The number of carbonyl (C=O) groups excluding carboxylic acids is 1. The molecule has 0 saturated carbocycles. The van der Waals surface area contributed by atoms with Gasteiger partial charge in [-0.25, -0.2) is 13.4 Å². The summed E-state index contributed by atoms with van der Waals surface area (Å²) in [5.74, 6) is -0.421. The number of sulfonamides is 1. The number of nitrogens with zero attached hydrogens (tertiary/aromatic N) is 3. The number of unbranched alkanes of at least 4 members (excludes halogenated alkanes) is 9. The molecule has 0 atom stereocenters. The van der Waals surface area contributed by atoms with Crippen LogP contribution in [0, 0.1) is 18.3 Å². The second-order valence-corrected chi connectivity index (χ2v) is 11.2. The number of amidine groups is 1. The van der Waals surface area contributed by atoms with Gasteiger partial charge in [-0.05, 0) is 40.9 Å². The van der Waals surface area contributed by atoms with E-state index in [-0.39, 0.29) is 22.8 Å². The Morgan fingerprint density at radius 2 is 1.70 bits per heavy atom. The number of rotatable bonds is 13. The number of hydrogen-bond donors (Lipinski definition) is 0. The molecule has 1 aliphatic rings. The molecule has 9 heteroatoms. The minimum Gasteiger partial charge on any atom is -0.465 e.